The van der Waals surface area contributed by atoms with Gasteiger partial charge >= 0.3 is 0 Å². The Hall–Kier alpha value is -0.730. The molecule has 0 saturated heterocycles. The highest BCUT2D eigenvalue weighted by Gasteiger charge is 2.27. The highest BCUT2D eigenvalue weighted by molar-refractivity contribution is 6.33. The predicted octanol–water partition coefficient (Wildman–Crippen LogP) is 2.96. The quantitative estimate of drug-likeness (QED) is 0.856. The van der Waals surface area contributed by atoms with Crippen LogP contribution in [0, 0.1) is 0 Å². The molecular weight excluding hydrogens is 208 g/mol. The van der Waals surface area contributed by atoms with Gasteiger partial charge in [0.15, 0.2) is 0 Å². The molecular formula is C12H17ClN2. The molecule has 1 atom stereocenters. The molecule has 2 N–H and O–H groups in total. The summed E-state index contributed by atoms with van der Waals surface area (Å²) in [4.78, 5) is 2.26. The Morgan fingerprint density at radius 3 is 2.60 bits per heavy atom. The van der Waals surface area contributed by atoms with Crippen molar-refractivity contribution in [2.45, 2.75) is 31.8 Å². The summed E-state index contributed by atoms with van der Waals surface area (Å²) in [5.74, 6) is 0. The molecule has 0 aliphatic heterocycles. The number of halogens is 1. The van der Waals surface area contributed by atoms with Crippen LogP contribution in [0.15, 0.2) is 18.2 Å². The maximum absolute atomic E-state index is 6.24. The summed E-state index contributed by atoms with van der Waals surface area (Å²) in [5, 5.41) is 0.805. The molecule has 1 aromatic rings. The maximum atomic E-state index is 6.24. The monoisotopic (exact) mass is 224 g/mol. The molecule has 1 aromatic carbocycles. The molecule has 3 heteroatoms. The lowest BCUT2D eigenvalue weighted by Gasteiger charge is -2.21. The van der Waals surface area contributed by atoms with Gasteiger partial charge in [-0.15, -0.1) is 0 Å². The minimum atomic E-state index is 0.0442. The van der Waals surface area contributed by atoms with E-state index in [4.69, 9.17) is 17.3 Å². The van der Waals surface area contributed by atoms with Crippen molar-refractivity contribution >= 4 is 17.3 Å². The SMILES string of the molecule is C[C@H](N)c1ccc(N(C)C2CC2)c(Cl)c1. The van der Waals surface area contributed by atoms with Gasteiger partial charge in [-0.3, -0.25) is 0 Å². The zero-order valence-electron chi connectivity index (χ0n) is 9.20. The summed E-state index contributed by atoms with van der Waals surface area (Å²) >= 11 is 6.24. The molecule has 2 rings (SSSR count). The van der Waals surface area contributed by atoms with Crippen LogP contribution in [0.5, 0.6) is 0 Å². The van der Waals surface area contributed by atoms with E-state index in [0.717, 1.165) is 16.3 Å². The summed E-state index contributed by atoms with van der Waals surface area (Å²) in [6, 6.07) is 6.83. The molecule has 0 spiro atoms. The van der Waals surface area contributed by atoms with Gasteiger partial charge in [-0.05, 0) is 37.5 Å². The van der Waals surface area contributed by atoms with Crippen molar-refractivity contribution in [2.24, 2.45) is 5.73 Å². The zero-order chi connectivity index (χ0) is 11.0. The molecule has 1 aliphatic rings. The minimum absolute atomic E-state index is 0.0442. The number of nitrogens with two attached hydrogens (primary N) is 1. The zero-order valence-corrected chi connectivity index (χ0v) is 9.96. The maximum Gasteiger partial charge on any atom is 0.0642 e. The average Bonchev–Trinajstić information content (AvgIpc) is 2.99. The molecule has 0 heterocycles. The molecule has 1 aliphatic carbocycles. The summed E-state index contributed by atoms with van der Waals surface area (Å²) in [6.45, 7) is 1.97. The number of benzene rings is 1. The third-order valence-electron chi connectivity index (χ3n) is 2.97. The van der Waals surface area contributed by atoms with Gasteiger partial charge in [0.25, 0.3) is 0 Å². The fourth-order valence-electron chi connectivity index (χ4n) is 1.75. The lowest BCUT2D eigenvalue weighted by atomic mass is 10.1. The summed E-state index contributed by atoms with van der Waals surface area (Å²) in [7, 11) is 2.10. The van der Waals surface area contributed by atoms with Crippen molar-refractivity contribution in [3.8, 4) is 0 Å². The van der Waals surface area contributed by atoms with Crippen LogP contribution >= 0.6 is 11.6 Å². The normalized spacial score (nSPS) is 17.6. The molecule has 82 valence electrons. The van der Waals surface area contributed by atoms with Gasteiger partial charge in [0.2, 0.25) is 0 Å². The van der Waals surface area contributed by atoms with Crippen LogP contribution in [0.4, 0.5) is 5.69 Å². The molecule has 0 radical (unpaired) electrons. The van der Waals surface area contributed by atoms with E-state index in [1.54, 1.807) is 0 Å². The molecule has 15 heavy (non-hydrogen) atoms. The van der Waals surface area contributed by atoms with Crippen molar-refractivity contribution < 1.29 is 0 Å². The largest absolute Gasteiger partial charge is 0.370 e. The second-order valence-corrected chi connectivity index (χ2v) is 4.75. The van der Waals surface area contributed by atoms with Crippen molar-refractivity contribution in [2.75, 3.05) is 11.9 Å². The van der Waals surface area contributed by atoms with Crippen LogP contribution in [-0.2, 0) is 0 Å². The summed E-state index contributed by atoms with van der Waals surface area (Å²) in [6.07, 6.45) is 2.56. The number of rotatable bonds is 3. The standard InChI is InChI=1S/C12H17ClN2/c1-8(14)9-3-6-12(11(13)7-9)15(2)10-4-5-10/h3,6-8,10H,4-5,14H2,1-2H3/t8-/m0/s1. The lowest BCUT2D eigenvalue weighted by molar-refractivity contribution is 0.817. The van der Waals surface area contributed by atoms with E-state index >= 15 is 0 Å². The Morgan fingerprint density at radius 2 is 2.13 bits per heavy atom. The van der Waals surface area contributed by atoms with E-state index in [2.05, 4.69) is 24.1 Å². The number of hydrogen-bond donors (Lipinski definition) is 1. The van der Waals surface area contributed by atoms with Crippen LogP contribution in [0.3, 0.4) is 0 Å². The first-order chi connectivity index (χ1) is 7.09. The van der Waals surface area contributed by atoms with Crippen LogP contribution < -0.4 is 10.6 Å². The van der Waals surface area contributed by atoms with Crippen LogP contribution in [0.1, 0.15) is 31.4 Å². The number of hydrogen-bond acceptors (Lipinski definition) is 2. The molecule has 2 nitrogen and oxygen atoms in total. The Balaban J connectivity index is 2.25. The highest BCUT2D eigenvalue weighted by Crippen LogP contribution is 2.35. The molecule has 0 aromatic heterocycles. The topological polar surface area (TPSA) is 29.3 Å². The van der Waals surface area contributed by atoms with Gasteiger partial charge in [0.1, 0.15) is 0 Å². The third kappa shape index (κ3) is 2.27. The summed E-state index contributed by atoms with van der Waals surface area (Å²) in [5.41, 5.74) is 8.01. The predicted molar refractivity (Wildman–Crippen MR) is 65.5 cm³/mol. The second kappa shape index (κ2) is 4.03. The fraction of sp³-hybridized carbons (Fsp3) is 0.500. The van der Waals surface area contributed by atoms with Crippen LogP contribution in [0.2, 0.25) is 5.02 Å². The fourth-order valence-corrected chi connectivity index (χ4v) is 2.07. The first kappa shape index (κ1) is 10.8. The van der Waals surface area contributed by atoms with E-state index in [1.807, 2.05) is 13.0 Å². The molecule has 1 saturated carbocycles. The van der Waals surface area contributed by atoms with Gasteiger partial charge < -0.3 is 10.6 Å². The smallest absolute Gasteiger partial charge is 0.0642 e. The van der Waals surface area contributed by atoms with Gasteiger partial charge in [-0.2, -0.15) is 0 Å². The van der Waals surface area contributed by atoms with Gasteiger partial charge in [-0.25, -0.2) is 0 Å². The first-order valence-corrected chi connectivity index (χ1v) is 5.75. The molecule has 0 bridgehead atoms. The number of anilines is 1. The van der Waals surface area contributed by atoms with E-state index in [-0.39, 0.29) is 6.04 Å². The van der Waals surface area contributed by atoms with Crippen molar-refractivity contribution in [1.82, 2.24) is 0 Å². The van der Waals surface area contributed by atoms with Gasteiger partial charge in [-0.1, -0.05) is 17.7 Å². The van der Waals surface area contributed by atoms with Crippen molar-refractivity contribution in [3.63, 3.8) is 0 Å². The number of nitrogens with zero attached hydrogens (tertiary/aromatic N) is 1. The highest BCUT2D eigenvalue weighted by atomic mass is 35.5. The third-order valence-corrected chi connectivity index (χ3v) is 3.27. The Morgan fingerprint density at radius 1 is 1.47 bits per heavy atom. The Bertz CT molecular complexity index is 359. The van der Waals surface area contributed by atoms with Gasteiger partial charge in [0.05, 0.1) is 10.7 Å². The Kier molecular flexibility index (Phi) is 2.89. The molecule has 1 fully saturated rings. The van der Waals surface area contributed by atoms with E-state index < -0.39 is 0 Å². The summed E-state index contributed by atoms with van der Waals surface area (Å²) < 4.78 is 0. The molecule has 0 amide bonds. The van der Waals surface area contributed by atoms with Crippen LogP contribution in [-0.4, -0.2) is 13.1 Å². The van der Waals surface area contributed by atoms with Crippen molar-refractivity contribution in [3.05, 3.63) is 28.8 Å². The van der Waals surface area contributed by atoms with E-state index in [9.17, 15) is 0 Å². The Labute approximate surface area is 96.0 Å². The lowest BCUT2D eigenvalue weighted by Crippen LogP contribution is -2.19. The van der Waals surface area contributed by atoms with Gasteiger partial charge in [0, 0.05) is 19.1 Å². The van der Waals surface area contributed by atoms with E-state index in [1.165, 1.54) is 12.8 Å². The van der Waals surface area contributed by atoms with Crippen LogP contribution in [0.25, 0.3) is 0 Å². The minimum Gasteiger partial charge on any atom is -0.370 e. The average molecular weight is 225 g/mol. The molecule has 0 unspecified atom stereocenters. The second-order valence-electron chi connectivity index (χ2n) is 4.34. The van der Waals surface area contributed by atoms with E-state index in [0.29, 0.717) is 6.04 Å². The first-order valence-electron chi connectivity index (χ1n) is 5.37. The van der Waals surface area contributed by atoms with Crippen molar-refractivity contribution in [1.29, 1.82) is 0 Å².